The summed E-state index contributed by atoms with van der Waals surface area (Å²) in [4.78, 5) is 15.9. The number of carbonyl (C=O) groups is 1. The maximum atomic E-state index is 12.1. The maximum absolute atomic E-state index is 12.1. The van der Waals surface area contributed by atoms with Gasteiger partial charge in [-0.15, -0.1) is 37.1 Å². The molecule has 0 aliphatic heterocycles. The lowest BCUT2D eigenvalue weighted by atomic mass is 10.2. The van der Waals surface area contributed by atoms with E-state index in [9.17, 15) is 18.0 Å². The monoisotopic (exact) mass is 500 g/mol. The standard InChI is InChI=1S/C17H23F3N4O2.HI/c18-17(19,20)26-14-7-5-12(6-8-14)11-23-16(21)22-10-9-15(25)24-13-3-1-2-4-13;/h5-8,13H,1-4,9-11H2,(H,24,25)(H3,21,22,23);1H. The quantitative estimate of drug-likeness (QED) is 0.305. The number of halogens is 4. The Bertz CT molecular complexity index is 618. The smallest absolute Gasteiger partial charge is 0.406 e. The van der Waals surface area contributed by atoms with Gasteiger partial charge >= 0.3 is 6.36 Å². The molecule has 1 aromatic carbocycles. The molecule has 0 bridgehead atoms. The number of nitrogens with two attached hydrogens (primary N) is 1. The predicted octanol–water partition coefficient (Wildman–Crippen LogP) is 3.06. The Balaban J connectivity index is 0.00000364. The third kappa shape index (κ3) is 9.68. The highest BCUT2D eigenvalue weighted by molar-refractivity contribution is 14.0. The van der Waals surface area contributed by atoms with Gasteiger partial charge in [0.1, 0.15) is 5.75 Å². The van der Waals surface area contributed by atoms with Crippen LogP contribution in [0.5, 0.6) is 5.75 Å². The second-order valence-corrected chi connectivity index (χ2v) is 6.12. The van der Waals surface area contributed by atoms with Crippen LogP contribution in [-0.2, 0) is 11.3 Å². The van der Waals surface area contributed by atoms with Gasteiger partial charge in [0.15, 0.2) is 5.96 Å². The zero-order chi connectivity index (χ0) is 19.0. The molecule has 10 heteroatoms. The van der Waals surface area contributed by atoms with Gasteiger partial charge in [0, 0.05) is 19.0 Å². The predicted molar refractivity (Wildman–Crippen MR) is 107 cm³/mol. The summed E-state index contributed by atoms with van der Waals surface area (Å²) in [6.07, 6.45) is -0.0162. The summed E-state index contributed by atoms with van der Waals surface area (Å²) >= 11 is 0. The van der Waals surface area contributed by atoms with Crippen LogP contribution in [0.25, 0.3) is 0 Å². The number of rotatable bonds is 7. The van der Waals surface area contributed by atoms with E-state index in [0.717, 1.165) is 25.7 Å². The second kappa shape index (κ2) is 11.2. The summed E-state index contributed by atoms with van der Waals surface area (Å²) in [7, 11) is 0. The molecule has 152 valence electrons. The van der Waals surface area contributed by atoms with Crippen molar-refractivity contribution in [2.45, 2.75) is 51.1 Å². The third-order valence-corrected chi connectivity index (χ3v) is 3.97. The lowest BCUT2D eigenvalue weighted by molar-refractivity contribution is -0.274. The van der Waals surface area contributed by atoms with Gasteiger partial charge in [-0.05, 0) is 30.5 Å². The molecule has 0 heterocycles. The molecule has 0 radical (unpaired) electrons. The molecule has 2 rings (SSSR count). The molecule has 1 aliphatic carbocycles. The van der Waals surface area contributed by atoms with E-state index >= 15 is 0 Å². The normalized spacial score (nSPS) is 15.1. The van der Waals surface area contributed by atoms with Crippen LogP contribution in [0, 0.1) is 0 Å². The molecule has 1 aliphatic rings. The van der Waals surface area contributed by atoms with E-state index in [-0.39, 0.29) is 54.2 Å². The Hall–Kier alpha value is -1.72. The summed E-state index contributed by atoms with van der Waals surface area (Å²) in [5.41, 5.74) is 6.40. The fourth-order valence-corrected chi connectivity index (χ4v) is 2.70. The third-order valence-electron chi connectivity index (χ3n) is 3.97. The number of benzene rings is 1. The average Bonchev–Trinajstić information content (AvgIpc) is 3.05. The van der Waals surface area contributed by atoms with E-state index in [1.54, 1.807) is 0 Å². The van der Waals surface area contributed by atoms with E-state index in [1.165, 1.54) is 24.3 Å². The molecule has 1 amide bonds. The molecule has 4 N–H and O–H groups in total. The number of carbonyl (C=O) groups excluding carboxylic acids is 1. The minimum Gasteiger partial charge on any atom is -0.406 e. The summed E-state index contributed by atoms with van der Waals surface area (Å²) in [5.74, 6) is -0.128. The van der Waals surface area contributed by atoms with Crippen LogP contribution in [0.2, 0.25) is 0 Å². The van der Waals surface area contributed by atoms with Crippen molar-refractivity contribution in [1.82, 2.24) is 10.6 Å². The van der Waals surface area contributed by atoms with E-state index in [2.05, 4.69) is 20.4 Å². The molecule has 6 nitrogen and oxygen atoms in total. The lowest BCUT2D eigenvalue weighted by Gasteiger charge is -2.12. The number of ether oxygens (including phenoxy) is 1. The molecular weight excluding hydrogens is 476 g/mol. The van der Waals surface area contributed by atoms with Gasteiger partial charge in [-0.2, -0.15) is 0 Å². The molecular formula is C17H24F3IN4O2. The first-order valence-corrected chi connectivity index (χ1v) is 8.50. The highest BCUT2D eigenvalue weighted by Crippen LogP contribution is 2.22. The molecule has 0 saturated heterocycles. The van der Waals surface area contributed by atoms with Crippen LogP contribution < -0.4 is 21.1 Å². The van der Waals surface area contributed by atoms with Crippen LogP contribution >= 0.6 is 24.0 Å². The Morgan fingerprint density at radius 3 is 2.44 bits per heavy atom. The first-order valence-electron chi connectivity index (χ1n) is 8.50. The van der Waals surface area contributed by atoms with Crippen molar-refractivity contribution in [2.24, 2.45) is 10.7 Å². The summed E-state index contributed by atoms with van der Waals surface area (Å²) < 4.78 is 40.1. The number of amides is 1. The van der Waals surface area contributed by atoms with E-state index in [4.69, 9.17) is 5.73 Å². The van der Waals surface area contributed by atoms with Gasteiger partial charge in [-0.1, -0.05) is 25.0 Å². The maximum Gasteiger partial charge on any atom is 0.573 e. The minimum atomic E-state index is -4.71. The zero-order valence-corrected chi connectivity index (χ0v) is 17.1. The highest BCUT2D eigenvalue weighted by Gasteiger charge is 2.30. The number of guanidine groups is 1. The van der Waals surface area contributed by atoms with Gasteiger partial charge in [-0.25, -0.2) is 4.99 Å². The van der Waals surface area contributed by atoms with Crippen molar-refractivity contribution < 1.29 is 22.7 Å². The van der Waals surface area contributed by atoms with Crippen LogP contribution in [0.1, 0.15) is 37.7 Å². The van der Waals surface area contributed by atoms with Crippen molar-refractivity contribution in [3.05, 3.63) is 29.8 Å². The summed E-state index contributed by atoms with van der Waals surface area (Å²) in [5, 5.41) is 5.82. The van der Waals surface area contributed by atoms with Crippen LogP contribution in [0.3, 0.4) is 0 Å². The average molecular weight is 500 g/mol. The summed E-state index contributed by atoms with van der Waals surface area (Å²) in [6, 6.07) is 5.68. The Labute approximate surface area is 173 Å². The number of nitrogens with one attached hydrogen (secondary N) is 2. The molecule has 0 aromatic heterocycles. The van der Waals surface area contributed by atoms with Gasteiger partial charge in [-0.3, -0.25) is 4.79 Å². The molecule has 0 atom stereocenters. The van der Waals surface area contributed by atoms with E-state index < -0.39 is 6.36 Å². The van der Waals surface area contributed by atoms with Crippen molar-refractivity contribution >= 4 is 35.8 Å². The number of hydrogen-bond acceptors (Lipinski definition) is 3. The number of hydrogen-bond donors (Lipinski definition) is 3. The highest BCUT2D eigenvalue weighted by atomic mass is 127. The van der Waals surface area contributed by atoms with Crippen LogP contribution in [0.4, 0.5) is 13.2 Å². The molecule has 1 fully saturated rings. The fourth-order valence-electron chi connectivity index (χ4n) is 2.70. The molecule has 0 spiro atoms. The number of aliphatic imine (C=N–C) groups is 1. The topological polar surface area (TPSA) is 88.7 Å². The Kier molecular flexibility index (Phi) is 9.67. The second-order valence-electron chi connectivity index (χ2n) is 6.12. The zero-order valence-electron chi connectivity index (χ0n) is 14.7. The van der Waals surface area contributed by atoms with Crippen LogP contribution in [0.15, 0.2) is 29.3 Å². The van der Waals surface area contributed by atoms with E-state index in [0.29, 0.717) is 18.5 Å². The van der Waals surface area contributed by atoms with Crippen LogP contribution in [-0.4, -0.2) is 30.8 Å². The number of nitrogens with zero attached hydrogens (tertiary/aromatic N) is 1. The van der Waals surface area contributed by atoms with Gasteiger partial charge < -0.3 is 21.1 Å². The first-order chi connectivity index (χ1) is 12.3. The lowest BCUT2D eigenvalue weighted by Crippen LogP contribution is -2.37. The number of alkyl halides is 3. The molecule has 1 aromatic rings. The van der Waals surface area contributed by atoms with E-state index in [1.807, 2.05) is 0 Å². The molecule has 0 unspecified atom stereocenters. The molecule has 27 heavy (non-hydrogen) atoms. The summed E-state index contributed by atoms with van der Waals surface area (Å²) in [6.45, 7) is 0.575. The van der Waals surface area contributed by atoms with Crippen molar-refractivity contribution in [3.8, 4) is 5.75 Å². The minimum absolute atomic E-state index is 0. The van der Waals surface area contributed by atoms with Crippen molar-refractivity contribution in [2.75, 3.05) is 6.54 Å². The Morgan fingerprint density at radius 1 is 1.22 bits per heavy atom. The fraction of sp³-hybridized carbons (Fsp3) is 0.529. The van der Waals surface area contributed by atoms with Crippen molar-refractivity contribution in [1.29, 1.82) is 0 Å². The van der Waals surface area contributed by atoms with Gasteiger partial charge in [0.2, 0.25) is 5.91 Å². The first kappa shape index (κ1) is 23.3. The van der Waals surface area contributed by atoms with Crippen molar-refractivity contribution in [3.63, 3.8) is 0 Å². The SMILES string of the molecule is I.NC(=NCc1ccc(OC(F)(F)F)cc1)NCCC(=O)NC1CCCC1. The largest absolute Gasteiger partial charge is 0.573 e. The molecule has 1 saturated carbocycles. The Morgan fingerprint density at radius 2 is 1.85 bits per heavy atom. The van der Waals surface area contributed by atoms with Gasteiger partial charge in [0.05, 0.1) is 6.54 Å². The van der Waals surface area contributed by atoms with Gasteiger partial charge in [0.25, 0.3) is 0 Å².